The fraction of sp³-hybridized carbons (Fsp3) is 0.122. The van der Waals surface area contributed by atoms with E-state index in [2.05, 4.69) is 146 Å². The lowest BCUT2D eigenvalue weighted by Gasteiger charge is -2.60. The van der Waals surface area contributed by atoms with Gasteiger partial charge in [0.05, 0.1) is 10.1 Å². The zero-order chi connectivity index (χ0) is 28.3. The van der Waals surface area contributed by atoms with Crippen molar-refractivity contribution in [3.05, 3.63) is 212 Å². The van der Waals surface area contributed by atoms with E-state index in [-0.39, 0.29) is 11.8 Å². The predicted molar refractivity (Wildman–Crippen MR) is 173 cm³/mol. The van der Waals surface area contributed by atoms with E-state index in [1.54, 1.807) is 0 Å². The van der Waals surface area contributed by atoms with Crippen LogP contribution in [0.25, 0.3) is 0 Å². The number of hydrogen-bond donors (Lipinski definition) is 0. The fourth-order valence-corrected chi connectivity index (χ4v) is 13.7. The molecule has 0 saturated carbocycles. The van der Waals surface area contributed by atoms with Gasteiger partial charge in [0.1, 0.15) is 0 Å². The van der Waals surface area contributed by atoms with Crippen molar-refractivity contribution in [2.45, 2.75) is 21.9 Å². The molecule has 43 heavy (non-hydrogen) atoms. The average molecular weight is 566 g/mol. The van der Waals surface area contributed by atoms with Gasteiger partial charge >= 0.3 is 0 Å². The Morgan fingerprint density at radius 1 is 0.372 bits per heavy atom. The molecule has 4 bridgehead atoms. The van der Waals surface area contributed by atoms with E-state index in [0.29, 0.717) is 0 Å². The van der Waals surface area contributed by atoms with Gasteiger partial charge in [-0.05, 0) is 66.8 Å². The third kappa shape index (κ3) is 2.57. The van der Waals surface area contributed by atoms with Gasteiger partial charge in [0.25, 0.3) is 9.04 Å². The van der Waals surface area contributed by atoms with E-state index in [1.807, 2.05) is 7.11 Å². The van der Waals surface area contributed by atoms with Crippen molar-refractivity contribution in [2.24, 2.45) is 0 Å². The summed E-state index contributed by atoms with van der Waals surface area (Å²) in [6, 6.07) is 55.5. The molecule has 1 nitrogen and oxygen atoms in total. The summed E-state index contributed by atoms with van der Waals surface area (Å²) in [7, 11) is 0.100. The van der Waals surface area contributed by atoms with E-state index >= 15 is 0 Å². The van der Waals surface area contributed by atoms with Crippen molar-refractivity contribution in [3.8, 4) is 0 Å². The molecule has 0 spiro atoms. The van der Waals surface area contributed by atoms with Crippen molar-refractivity contribution >= 4 is 9.04 Å². The standard InChI is InChI=1S/C41H29OSi/c1-42-43(40-32-20-8-2-14-26(32)38(27-15-3-9-21-33(27)40)28-16-4-10-22-34(28)40)41-35-23-11-5-17-29(35)39(30-18-6-12-24-36(30)41)31-19-7-13-25-37(31)41/h2-25,38-39H,1H3. The highest BCUT2D eigenvalue weighted by molar-refractivity contribution is 6.64. The molecule has 2 heteroatoms. The first-order valence-corrected chi connectivity index (χ1v) is 16.7. The van der Waals surface area contributed by atoms with Gasteiger partial charge in [0.15, 0.2) is 0 Å². The minimum Gasteiger partial charge on any atom is -0.417 e. The lowest BCUT2D eigenvalue weighted by Crippen LogP contribution is -2.65. The molecule has 0 aromatic heterocycles. The monoisotopic (exact) mass is 565 g/mol. The van der Waals surface area contributed by atoms with Crippen molar-refractivity contribution in [1.82, 2.24) is 0 Å². The first-order valence-electron chi connectivity index (χ1n) is 15.3. The van der Waals surface area contributed by atoms with Crippen LogP contribution in [0.5, 0.6) is 0 Å². The van der Waals surface area contributed by atoms with Gasteiger partial charge in [0, 0.05) is 18.9 Å². The van der Waals surface area contributed by atoms with Crippen LogP contribution in [-0.2, 0) is 14.5 Å². The van der Waals surface area contributed by atoms with E-state index < -0.39 is 19.1 Å². The van der Waals surface area contributed by atoms with Crippen molar-refractivity contribution in [2.75, 3.05) is 7.11 Å². The van der Waals surface area contributed by atoms with Crippen LogP contribution in [0.2, 0.25) is 0 Å². The molecule has 12 rings (SSSR count). The normalized spacial score (nSPS) is 24.4. The Hall–Kier alpha value is -4.50. The first-order chi connectivity index (χ1) is 21.3. The van der Waals surface area contributed by atoms with Crippen LogP contribution in [0, 0.1) is 0 Å². The Labute approximate surface area is 254 Å². The summed E-state index contributed by atoms with van der Waals surface area (Å²) in [6.45, 7) is 0. The summed E-state index contributed by atoms with van der Waals surface area (Å²) >= 11 is 0. The maximum Gasteiger partial charge on any atom is 0.251 e. The van der Waals surface area contributed by atoms with Crippen LogP contribution in [0.3, 0.4) is 0 Å². The van der Waals surface area contributed by atoms with Gasteiger partial charge in [-0.2, -0.15) is 0 Å². The van der Waals surface area contributed by atoms with Gasteiger partial charge in [0.2, 0.25) is 0 Å². The maximum absolute atomic E-state index is 7.31. The third-order valence-electron chi connectivity index (χ3n) is 10.9. The molecule has 0 heterocycles. The fourth-order valence-electron chi connectivity index (χ4n) is 9.74. The molecule has 0 saturated heterocycles. The molecule has 1 radical (unpaired) electrons. The van der Waals surface area contributed by atoms with Gasteiger partial charge < -0.3 is 4.43 Å². The number of rotatable bonds is 3. The first kappa shape index (κ1) is 24.0. The molecule has 0 unspecified atom stereocenters. The lowest BCUT2D eigenvalue weighted by molar-refractivity contribution is 0.369. The van der Waals surface area contributed by atoms with Gasteiger partial charge in [-0.3, -0.25) is 0 Å². The highest BCUT2D eigenvalue weighted by Gasteiger charge is 2.67. The summed E-state index contributed by atoms with van der Waals surface area (Å²) in [4.78, 5) is 0. The highest BCUT2D eigenvalue weighted by atomic mass is 28.3. The largest absolute Gasteiger partial charge is 0.417 e. The minimum atomic E-state index is -1.90. The molecule has 6 aromatic carbocycles. The summed E-state index contributed by atoms with van der Waals surface area (Å²) in [5.41, 5.74) is 17.1. The number of benzene rings is 6. The van der Waals surface area contributed by atoms with Crippen molar-refractivity contribution in [3.63, 3.8) is 0 Å². The van der Waals surface area contributed by atoms with Crippen LogP contribution in [0.1, 0.15) is 78.6 Å². The quantitative estimate of drug-likeness (QED) is 0.196. The Bertz CT molecular complexity index is 1740. The molecule has 0 aliphatic heterocycles. The average Bonchev–Trinajstić information content (AvgIpc) is 3.09. The molecule has 6 aliphatic rings. The van der Waals surface area contributed by atoms with Crippen LogP contribution >= 0.6 is 0 Å². The summed E-state index contributed by atoms with van der Waals surface area (Å²) in [6.07, 6.45) is 0. The lowest BCUT2D eigenvalue weighted by atomic mass is 9.59. The van der Waals surface area contributed by atoms with Gasteiger partial charge in [-0.15, -0.1) is 0 Å². The molecule has 203 valence electrons. The topological polar surface area (TPSA) is 9.23 Å². The van der Waals surface area contributed by atoms with E-state index in [1.165, 1.54) is 66.8 Å². The summed E-state index contributed by atoms with van der Waals surface area (Å²) < 4.78 is 7.31. The zero-order valence-electron chi connectivity index (χ0n) is 23.9. The molecule has 0 fully saturated rings. The maximum atomic E-state index is 7.31. The van der Waals surface area contributed by atoms with Gasteiger partial charge in [-0.1, -0.05) is 146 Å². The van der Waals surface area contributed by atoms with Crippen LogP contribution in [-0.4, -0.2) is 16.2 Å². The molecule has 6 aromatic rings. The van der Waals surface area contributed by atoms with E-state index in [4.69, 9.17) is 4.43 Å². The Morgan fingerprint density at radius 2 is 0.581 bits per heavy atom. The van der Waals surface area contributed by atoms with E-state index in [9.17, 15) is 0 Å². The molecular weight excluding hydrogens is 537 g/mol. The van der Waals surface area contributed by atoms with Gasteiger partial charge in [-0.25, -0.2) is 0 Å². The zero-order valence-corrected chi connectivity index (χ0v) is 24.9. The number of hydrogen-bond acceptors (Lipinski definition) is 1. The summed E-state index contributed by atoms with van der Waals surface area (Å²) in [5, 5.41) is -0.870. The Kier molecular flexibility index (Phi) is 4.64. The Morgan fingerprint density at radius 3 is 0.791 bits per heavy atom. The second-order valence-electron chi connectivity index (χ2n) is 12.4. The van der Waals surface area contributed by atoms with Crippen molar-refractivity contribution in [1.29, 1.82) is 0 Å². The van der Waals surface area contributed by atoms with E-state index in [0.717, 1.165) is 0 Å². The SMILES string of the molecule is CO[Si](C12c3ccccc3C(c3ccccc31)c1ccccc12)C12c3ccccc3C(c3ccccc31)c1ccccc12. The molecule has 6 aliphatic carbocycles. The predicted octanol–water partition coefficient (Wildman–Crippen LogP) is 8.39. The smallest absolute Gasteiger partial charge is 0.251 e. The van der Waals surface area contributed by atoms with Crippen LogP contribution in [0.4, 0.5) is 0 Å². The second-order valence-corrected chi connectivity index (χ2v) is 15.0. The second kappa shape index (κ2) is 8.32. The molecule has 0 amide bonds. The minimum absolute atomic E-state index is 0.233. The van der Waals surface area contributed by atoms with Crippen LogP contribution < -0.4 is 0 Å². The Balaban J connectivity index is 1.44. The van der Waals surface area contributed by atoms with Crippen LogP contribution in [0.15, 0.2) is 146 Å². The third-order valence-corrected chi connectivity index (χ3v) is 14.3. The molecule has 0 N–H and O–H groups in total. The molecular formula is C41H29OSi. The molecule has 0 atom stereocenters. The highest BCUT2D eigenvalue weighted by Crippen LogP contribution is 2.67. The summed E-state index contributed by atoms with van der Waals surface area (Å²) in [5.74, 6) is 0.467. The van der Waals surface area contributed by atoms with Crippen molar-refractivity contribution < 1.29 is 4.43 Å².